The molecular formula is C17H24O4. The van der Waals surface area contributed by atoms with E-state index in [2.05, 4.69) is 0 Å². The number of carbonyl (C=O) groups is 1. The Morgan fingerprint density at radius 3 is 2.43 bits per heavy atom. The Morgan fingerprint density at radius 1 is 1.24 bits per heavy atom. The molecule has 0 N–H and O–H groups in total. The summed E-state index contributed by atoms with van der Waals surface area (Å²) in [7, 11) is 0. The fraction of sp³-hybridized carbons (Fsp3) is 0.588. The molecule has 116 valence electrons. The highest BCUT2D eigenvalue weighted by atomic mass is 16.6. The van der Waals surface area contributed by atoms with Gasteiger partial charge in [0.25, 0.3) is 0 Å². The minimum atomic E-state index is -0.659. The fourth-order valence-electron chi connectivity index (χ4n) is 2.76. The summed E-state index contributed by atoms with van der Waals surface area (Å²) in [6.45, 7) is 6.23. The van der Waals surface area contributed by atoms with E-state index in [1.54, 1.807) is 6.92 Å². The molecule has 1 heterocycles. The van der Waals surface area contributed by atoms with E-state index in [0.717, 1.165) is 18.4 Å². The molecule has 1 aromatic carbocycles. The third-order valence-corrected chi connectivity index (χ3v) is 3.59. The van der Waals surface area contributed by atoms with Crippen molar-refractivity contribution < 1.29 is 19.0 Å². The van der Waals surface area contributed by atoms with Gasteiger partial charge in [-0.3, -0.25) is 0 Å². The molecule has 2 rings (SSSR count). The second kappa shape index (κ2) is 7.57. The predicted molar refractivity (Wildman–Crippen MR) is 79.9 cm³/mol. The van der Waals surface area contributed by atoms with Crippen LogP contribution < -0.4 is 0 Å². The van der Waals surface area contributed by atoms with Gasteiger partial charge in [0, 0.05) is 0 Å². The topological polar surface area (TPSA) is 44.8 Å². The SMILES string of the molecule is CCOC(=O)C(OC1CC(C)OC(C)C1)c1ccccc1. The van der Waals surface area contributed by atoms with Gasteiger partial charge in [-0.1, -0.05) is 30.3 Å². The van der Waals surface area contributed by atoms with Gasteiger partial charge in [-0.05, 0) is 39.2 Å². The number of esters is 1. The van der Waals surface area contributed by atoms with E-state index in [-0.39, 0.29) is 24.3 Å². The summed E-state index contributed by atoms with van der Waals surface area (Å²) in [6.07, 6.45) is 1.25. The van der Waals surface area contributed by atoms with E-state index < -0.39 is 6.10 Å². The van der Waals surface area contributed by atoms with Crippen LogP contribution in [0.5, 0.6) is 0 Å². The van der Waals surface area contributed by atoms with Gasteiger partial charge >= 0.3 is 5.97 Å². The first-order valence-electron chi connectivity index (χ1n) is 7.62. The monoisotopic (exact) mass is 292 g/mol. The van der Waals surface area contributed by atoms with Crippen molar-refractivity contribution in [3.05, 3.63) is 35.9 Å². The van der Waals surface area contributed by atoms with Crippen molar-refractivity contribution >= 4 is 5.97 Å². The predicted octanol–water partition coefficient (Wildman–Crippen LogP) is 3.26. The summed E-state index contributed by atoms with van der Waals surface area (Å²) in [5.74, 6) is -0.324. The normalized spacial score (nSPS) is 27.1. The summed E-state index contributed by atoms with van der Waals surface area (Å²) in [5.41, 5.74) is 0.836. The van der Waals surface area contributed by atoms with Gasteiger partial charge < -0.3 is 14.2 Å². The Morgan fingerprint density at radius 2 is 1.86 bits per heavy atom. The summed E-state index contributed by atoms with van der Waals surface area (Å²) in [6, 6.07) is 9.52. The maximum atomic E-state index is 12.2. The first kappa shape index (κ1) is 16.0. The van der Waals surface area contributed by atoms with Gasteiger partial charge in [-0.2, -0.15) is 0 Å². The van der Waals surface area contributed by atoms with Crippen LogP contribution in [0.25, 0.3) is 0 Å². The van der Waals surface area contributed by atoms with Gasteiger partial charge in [-0.25, -0.2) is 4.79 Å². The van der Waals surface area contributed by atoms with Gasteiger partial charge in [0.2, 0.25) is 0 Å². The lowest BCUT2D eigenvalue weighted by Gasteiger charge is -2.33. The lowest BCUT2D eigenvalue weighted by Crippen LogP contribution is -2.36. The van der Waals surface area contributed by atoms with Crippen LogP contribution >= 0.6 is 0 Å². The third-order valence-electron chi connectivity index (χ3n) is 3.59. The number of ether oxygens (including phenoxy) is 3. The summed E-state index contributed by atoms with van der Waals surface area (Å²) < 4.78 is 17.0. The molecule has 1 fully saturated rings. The molecule has 0 spiro atoms. The average molecular weight is 292 g/mol. The Bertz CT molecular complexity index is 435. The second-order valence-corrected chi connectivity index (χ2v) is 5.53. The zero-order chi connectivity index (χ0) is 15.2. The molecule has 4 heteroatoms. The zero-order valence-electron chi connectivity index (χ0n) is 13.0. The van der Waals surface area contributed by atoms with Gasteiger partial charge in [0.1, 0.15) is 0 Å². The summed E-state index contributed by atoms with van der Waals surface area (Å²) >= 11 is 0. The van der Waals surface area contributed by atoms with E-state index in [1.165, 1.54) is 0 Å². The minimum absolute atomic E-state index is 0.0124. The Balaban J connectivity index is 2.10. The molecule has 4 nitrogen and oxygen atoms in total. The van der Waals surface area contributed by atoms with Crippen molar-refractivity contribution in [2.75, 3.05) is 6.61 Å². The van der Waals surface area contributed by atoms with Crippen LogP contribution in [0.4, 0.5) is 0 Å². The number of hydrogen-bond donors (Lipinski definition) is 0. The Labute approximate surface area is 126 Å². The van der Waals surface area contributed by atoms with E-state index in [1.807, 2.05) is 44.2 Å². The maximum absolute atomic E-state index is 12.2. The molecule has 3 unspecified atom stereocenters. The van der Waals surface area contributed by atoms with Crippen LogP contribution in [-0.2, 0) is 19.0 Å². The van der Waals surface area contributed by atoms with Crippen LogP contribution in [-0.4, -0.2) is 30.9 Å². The molecule has 1 saturated heterocycles. The Kier molecular flexibility index (Phi) is 5.76. The number of benzene rings is 1. The van der Waals surface area contributed by atoms with Gasteiger partial charge in [0.15, 0.2) is 6.10 Å². The van der Waals surface area contributed by atoms with Crippen molar-refractivity contribution in [1.29, 1.82) is 0 Å². The van der Waals surface area contributed by atoms with Crippen molar-refractivity contribution in [2.45, 2.75) is 58.0 Å². The van der Waals surface area contributed by atoms with Crippen LogP contribution in [0, 0.1) is 0 Å². The standard InChI is InChI=1S/C17H24O4/c1-4-19-17(18)16(14-8-6-5-7-9-14)21-15-10-12(2)20-13(3)11-15/h5-9,12-13,15-16H,4,10-11H2,1-3H3. The van der Waals surface area contributed by atoms with Gasteiger partial charge in [-0.15, -0.1) is 0 Å². The highest BCUT2D eigenvalue weighted by Crippen LogP contribution is 2.28. The van der Waals surface area contributed by atoms with Crippen LogP contribution in [0.1, 0.15) is 45.3 Å². The third kappa shape index (κ3) is 4.55. The first-order chi connectivity index (χ1) is 10.1. The molecule has 0 bridgehead atoms. The first-order valence-corrected chi connectivity index (χ1v) is 7.62. The van der Waals surface area contributed by atoms with Crippen molar-refractivity contribution in [1.82, 2.24) is 0 Å². The maximum Gasteiger partial charge on any atom is 0.339 e. The smallest absolute Gasteiger partial charge is 0.339 e. The van der Waals surface area contributed by atoms with Crippen molar-refractivity contribution in [3.63, 3.8) is 0 Å². The fourth-order valence-corrected chi connectivity index (χ4v) is 2.76. The molecule has 0 amide bonds. The van der Waals surface area contributed by atoms with E-state index in [0.29, 0.717) is 6.61 Å². The molecule has 1 aromatic rings. The van der Waals surface area contributed by atoms with Crippen LogP contribution in [0.15, 0.2) is 30.3 Å². The number of carbonyl (C=O) groups excluding carboxylic acids is 1. The molecule has 0 aromatic heterocycles. The average Bonchev–Trinajstić information content (AvgIpc) is 2.45. The van der Waals surface area contributed by atoms with E-state index in [9.17, 15) is 4.79 Å². The molecular weight excluding hydrogens is 268 g/mol. The highest BCUT2D eigenvalue weighted by molar-refractivity contribution is 5.76. The minimum Gasteiger partial charge on any atom is -0.464 e. The van der Waals surface area contributed by atoms with E-state index in [4.69, 9.17) is 14.2 Å². The summed E-state index contributed by atoms with van der Waals surface area (Å²) in [5, 5.41) is 0. The highest BCUT2D eigenvalue weighted by Gasteiger charge is 2.31. The van der Waals surface area contributed by atoms with Crippen LogP contribution in [0.3, 0.4) is 0 Å². The quantitative estimate of drug-likeness (QED) is 0.781. The molecule has 21 heavy (non-hydrogen) atoms. The van der Waals surface area contributed by atoms with Crippen molar-refractivity contribution in [2.24, 2.45) is 0 Å². The lowest BCUT2D eigenvalue weighted by atomic mass is 10.0. The van der Waals surface area contributed by atoms with Gasteiger partial charge in [0.05, 0.1) is 24.9 Å². The Hall–Kier alpha value is -1.39. The number of rotatable bonds is 5. The second-order valence-electron chi connectivity index (χ2n) is 5.53. The summed E-state index contributed by atoms with van der Waals surface area (Å²) in [4.78, 5) is 12.2. The molecule has 0 radical (unpaired) electrons. The largest absolute Gasteiger partial charge is 0.464 e. The lowest BCUT2D eigenvalue weighted by molar-refractivity contribution is -0.171. The van der Waals surface area contributed by atoms with Crippen LogP contribution in [0.2, 0.25) is 0 Å². The molecule has 3 atom stereocenters. The van der Waals surface area contributed by atoms with E-state index >= 15 is 0 Å². The number of hydrogen-bond acceptors (Lipinski definition) is 4. The van der Waals surface area contributed by atoms with Crippen molar-refractivity contribution in [3.8, 4) is 0 Å². The zero-order valence-corrected chi connectivity index (χ0v) is 13.0. The molecule has 1 aliphatic rings. The molecule has 1 aliphatic heterocycles. The molecule has 0 aliphatic carbocycles. The molecule has 0 saturated carbocycles.